The van der Waals surface area contributed by atoms with Gasteiger partial charge in [0.2, 0.25) is 0 Å². The molecule has 1 aromatic carbocycles. The summed E-state index contributed by atoms with van der Waals surface area (Å²) in [5.41, 5.74) is 8.13. The van der Waals surface area contributed by atoms with Gasteiger partial charge in [-0.05, 0) is 37.5 Å². The molecule has 1 fully saturated rings. The molecule has 0 aromatic heterocycles. The molecule has 1 aliphatic rings. The topological polar surface area (TPSA) is 67.2 Å². The number of benzene rings is 1. The number of hydrogen-bond donors (Lipinski definition) is 3. The van der Waals surface area contributed by atoms with Crippen LogP contribution in [0.5, 0.6) is 0 Å². The molecule has 0 heterocycles. The first-order valence-corrected chi connectivity index (χ1v) is 7.56. The zero-order chi connectivity index (χ0) is 15.1. The van der Waals surface area contributed by atoms with Gasteiger partial charge in [0.25, 0.3) is 0 Å². The molecule has 0 spiro atoms. The van der Waals surface area contributed by atoms with Gasteiger partial charge in [0, 0.05) is 17.3 Å². The Bertz CT molecular complexity index is 551. The highest BCUT2D eigenvalue weighted by atomic mass is 16.2. The monoisotopic (exact) mass is 285 g/mol. The van der Waals surface area contributed by atoms with E-state index in [1.807, 2.05) is 25.1 Å². The highest BCUT2D eigenvalue weighted by Gasteiger charge is 2.15. The third-order valence-corrected chi connectivity index (χ3v) is 3.76. The number of urea groups is 1. The first kappa shape index (κ1) is 15.4. The fourth-order valence-corrected chi connectivity index (χ4v) is 2.58. The lowest BCUT2D eigenvalue weighted by Gasteiger charge is -2.22. The zero-order valence-electron chi connectivity index (χ0n) is 12.5. The van der Waals surface area contributed by atoms with Crippen LogP contribution < -0.4 is 16.4 Å². The van der Waals surface area contributed by atoms with Gasteiger partial charge in [0.1, 0.15) is 0 Å². The summed E-state index contributed by atoms with van der Waals surface area (Å²) >= 11 is 0. The van der Waals surface area contributed by atoms with Gasteiger partial charge in [-0.1, -0.05) is 37.2 Å². The molecule has 0 radical (unpaired) electrons. The normalized spacial score (nSPS) is 15.0. The molecular weight excluding hydrogens is 262 g/mol. The van der Waals surface area contributed by atoms with E-state index in [1.54, 1.807) is 0 Å². The predicted molar refractivity (Wildman–Crippen MR) is 86.1 cm³/mol. The SMILES string of the molecule is Cc1ccc(NC(=O)NC2CCCCC2)cc1C#CCN. The summed E-state index contributed by atoms with van der Waals surface area (Å²) in [6, 6.07) is 5.91. The molecule has 1 saturated carbocycles. The average molecular weight is 285 g/mol. The third kappa shape index (κ3) is 4.80. The van der Waals surface area contributed by atoms with Gasteiger partial charge >= 0.3 is 6.03 Å². The van der Waals surface area contributed by atoms with Crippen LogP contribution in [0.4, 0.5) is 10.5 Å². The Kier molecular flexibility index (Phi) is 5.65. The Balaban J connectivity index is 1.96. The van der Waals surface area contributed by atoms with Crippen molar-refractivity contribution in [3.63, 3.8) is 0 Å². The van der Waals surface area contributed by atoms with E-state index in [-0.39, 0.29) is 6.03 Å². The van der Waals surface area contributed by atoms with E-state index in [9.17, 15) is 4.79 Å². The van der Waals surface area contributed by atoms with Crippen molar-refractivity contribution in [2.45, 2.75) is 45.1 Å². The molecule has 0 unspecified atom stereocenters. The van der Waals surface area contributed by atoms with E-state index in [0.717, 1.165) is 29.7 Å². The Morgan fingerprint density at radius 3 is 2.81 bits per heavy atom. The lowest BCUT2D eigenvalue weighted by molar-refractivity contribution is 0.244. The molecule has 4 N–H and O–H groups in total. The van der Waals surface area contributed by atoms with Gasteiger partial charge in [-0.15, -0.1) is 0 Å². The number of nitrogens with two attached hydrogens (primary N) is 1. The molecule has 2 rings (SSSR count). The molecule has 1 aromatic rings. The zero-order valence-corrected chi connectivity index (χ0v) is 12.5. The van der Waals surface area contributed by atoms with Gasteiger partial charge in [0.05, 0.1) is 6.54 Å². The fraction of sp³-hybridized carbons (Fsp3) is 0.471. The smallest absolute Gasteiger partial charge is 0.319 e. The first-order chi connectivity index (χ1) is 10.2. The Labute approximate surface area is 126 Å². The van der Waals surface area contributed by atoms with Crippen molar-refractivity contribution in [1.82, 2.24) is 5.32 Å². The van der Waals surface area contributed by atoms with E-state index < -0.39 is 0 Å². The van der Waals surface area contributed by atoms with Crippen molar-refractivity contribution in [2.75, 3.05) is 11.9 Å². The highest BCUT2D eigenvalue weighted by molar-refractivity contribution is 5.89. The number of aryl methyl sites for hydroxylation is 1. The van der Waals surface area contributed by atoms with Crippen LogP contribution in [0.25, 0.3) is 0 Å². The maximum Gasteiger partial charge on any atom is 0.319 e. The van der Waals surface area contributed by atoms with E-state index in [4.69, 9.17) is 5.73 Å². The van der Waals surface area contributed by atoms with Crippen LogP contribution in [-0.2, 0) is 0 Å². The molecule has 4 nitrogen and oxygen atoms in total. The molecule has 4 heteroatoms. The molecule has 0 bridgehead atoms. The molecule has 1 aliphatic carbocycles. The van der Waals surface area contributed by atoms with Crippen LogP contribution in [0.2, 0.25) is 0 Å². The van der Waals surface area contributed by atoms with Gasteiger partial charge in [-0.3, -0.25) is 0 Å². The van der Waals surface area contributed by atoms with Crippen molar-refractivity contribution in [3.05, 3.63) is 29.3 Å². The molecular formula is C17H23N3O. The second kappa shape index (κ2) is 7.70. The van der Waals surface area contributed by atoms with Gasteiger partial charge in [-0.2, -0.15) is 0 Å². The molecule has 112 valence electrons. The fourth-order valence-electron chi connectivity index (χ4n) is 2.58. The number of nitrogens with one attached hydrogen (secondary N) is 2. The van der Waals surface area contributed by atoms with E-state index in [2.05, 4.69) is 22.5 Å². The Morgan fingerprint density at radius 2 is 2.10 bits per heavy atom. The maximum atomic E-state index is 12.0. The minimum absolute atomic E-state index is 0.136. The standard InChI is InChI=1S/C17H23N3O/c1-13-9-10-16(12-14(13)6-5-11-18)20-17(21)19-15-7-3-2-4-8-15/h9-10,12,15H,2-4,7-8,11,18H2,1H3,(H2,19,20,21). The number of carbonyl (C=O) groups excluding carboxylic acids is 1. The van der Waals surface area contributed by atoms with Crippen molar-refractivity contribution < 1.29 is 4.79 Å². The molecule has 21 heavy (non-hydrogen) atoms. The number of rotatable bonds is 2. The number of amides is 2. The number of hydrogen-bond acceptors (Lipinski definition) is 2. The van der Waals surface area contributed by atoms with E-state index in [1.165, 1.54) is 19.3 Å². The van der Waals surface area contributed by atoms with Crippen LogP contribution in [0, 0.1) is 18.8 Å². The largest absolute Gasteiger partial charge is 0.335 e. The van der Waals surface area contributed by atoms with Gasteiger partial charge in [-0.25, -0.2) is 4.79 Å². The lowest BCUT2D eigenvalue weighted by Crippen LogP contribution is -2.39. The van der Waals surface area contributed by atoms with Crippen LogP contribution in [0.1, 0.15) is 43.2 Å². The van der Waals surface area contributed by atoms with Crippen LogP contribution in [0.15, 0.2) is 18.2 Å². The summed E-state index contributed by atoms with van der Waals surface area (Å²) < 4.78 is 0. The van der Waals surface area contributed by atoms with Crippen LogP contribution in [-0.4, -0.2) is 18.6 Å². The van der Waals surface area contributed by atoms with E-state index >= 15 is 0 Å². The van der Waals surface area contributed by atoms with Gasteiger partial charge < -0.3 is 16.4 Å². The minimum atomic E-state index is -0.136. The quantitative estimate of drug-likeness (QED) is 0.731. The average Bonchev–Trinajstić information content (AvgIpc) is 2.48. The number of anilines is 1. The van der Waals surface area contributed by atoms with Crippen molar-refractivity contribution >= 4 is 11.7 Å². The molecule has 0 saturated heterocycles. The van der Waals surface area contributed by atoms with Crippen molar-refractivity contribution in [1.29, 1.82) is 0 Å². The minimum Gasteiger partial charge on any atom is -0.335 e. The molecule has 2 amide bonds. The summed E-state index contributed by atoms with van der Waals surface area (Å²) in [7, 11) is 0. The Morgan fingerprint density at radius 1 is 1.33 bits per heavy atom. The third-order valence-electron chi connectivity index (χ3n) is 3.76. The second-order valence-corrected chi connectivity index (χ2v) is 5.47. The summed E-state index contributed by atoms with van der Waals surface area (Å²) in [6.45, 7) is 2.33. The molecule has 0 atom stereocenters. The van der Waals surface area contributed by atoms with Gasteiger partial charge in [0.15, 0.2) is 0 Å². The van der Waals surface area contributed by atoms with Crippen LogP contribution >= 0.6 is 0 Å². The van der Waals surface area contributed by atoms with Crippen molar-refractivity contribution in [3.8, 4) is 11.8 Å². The predicted octanol–water partition coefficient (Wildman–Crippen LogP) is 2.76. The van der Waals surface area contributed by atoms with Crippen LogP contribution in [0.3, 0.4) is 0 Å². The first-order valence-electron chi connectivity index (χ1n) is 7.56. The maximum absolute atomic E-state index is 12.0. The highest BCUT2D eigenvalue weighted by Crippen LogP contribution is 2.18. The summed E-state index contributed by atoms with van der Waals surface area (Å²) in [6.07, 6.45) is 5.84. The summed E-state index contributed by atoms with van der Waals surface area (Å²) in [4.78, 5) is 12.0. The van der Waals surface area contributed by atoms with Crippen molar-refractivity contribution in [2.24, 2.45) is 5.73 Å². The van der Waals surface area contributed by atoms with E-state index in [0.29, 0.717) is 12.6 Å². The lowest BCUT2D eigenvalue weighted by atomic mass is 9.96. The summed E-state index contributed by atoms with van der Waals surface area (Å²) in [5.74, 6) is 5.86. The second-order valence-electron chi connectivity index (χ2n) is 5.47. The Hall–Kier alpha value is -1.99. The number of carbonyl (C=O) groups is 1. The molecule has 0 aliphatic heterocycles. The summed E-state index contributed by atoms with van der Waals surface area (Å²) in [5, 5.41) is 5.92.